The summed E-state index contributed by atoms with van der Waals surface area (Å²) in [5, 5.41) is 18.2. The first-order valence-corrected chi connectivity index (χ1v) is 11.9. The fourth-order valence-corrected chi connectivity index (χ4v) is 4.88. The van der Waals surface area contributed by atoms with Crippen LogP contribution in [0.5, 0.6) is 0 Å². The molecule has 33 heavy (non-hydrogen) atoms. The molecule has 0 bridgehead atoms. The van der Waals surface area contributed by atoms with E-state index in [1.165, 1.54) is 11.2 Å². The highest BCUT2D eigenvalue weighted by Crippen LogP contribution is 2.29. The first kappa shape index (κ1) is 22.1. The SMILES string of the molecule is N#Cc1ccc(CS(=O)(=O)CC(=O)N2CCN(c3oc(-c4ccco4)nc3C#N)CC2)cc1. The number of anilines is 1. The highest BCUT2D eigenvalue weighted by atomic mass is 32.2. The Kier molecular flexibility index (Phi) is 6.16. The Morgan fingerprint density at radius 1 is 1.06 bits per heavy atom. The van der Waals surface area contributed by atoms with Crippen LogP contribution in [0.3, 0.4) is 0 Å². The van der Waals surface area contributed by atoms with Crippen molar-refractivity contribution in [2.45, 2.75) is 5.75 Å². The molecule has 3 aromatic rings. The molecule has 11 heteroatoms. The number of carbonyl (C=O) groups excluding carboxylic acids is 1. The molecule has 0 aliphatic carbocycles. The number of furan rings is 1. The van der Waals surface area contributed by atoms with Gasteiger partial charge in [-0.15, -0.1) is 0 Å². The van der Waals surface area contributed by atoms with Gasteiger partial charge >= 0.3 is 0 Å². The second-order valence-corrected chi connectivity index (χ2v) is 9.54. The topological polar surface area (TPSA) is 144 Å². The van der Waals surface area contributed by atoms with Crippen LogP contribution in [0.25, 0.3) is 11.7 Å². The van der Waals surface area contributed by atoms with Gasteiger partial charge in [-0.25, -0.2) is 8.42 Å². The first-order chi connectivity index (χ1) is 15.9. The average molecular weight is 465 g/mol. The Hall–Kier alpha value is -4.09. The number of carbonyl (C=O) groups is 1. The highest BCUT2D eigenvalue weighted by Gasteiger charge is 2.29. The monoisotopic (exact) mass is 465 g/mol. The number of hydrogen-bond acceptors (Lipinski definition) is 9. The molecule has 1 amide bonds. The van der Waals surface area contributed by atoms with Gasteiger partial charge in [-0.05, 0) is 29.8 Å². The lowest BCUT2D eigenvalue weighted by molar-refractivity contribution is -0.128. The molecular weight excluding hydrogens is 446 g/mol. The molecule has 0 unspecified atom stereocenters. The van der Waals surface area contributed by atoms with Gasteiger partial charge in [-0.2, -0.15) is 15.5 Å². The van der Waals surface area contributed by atoms with Crippen molar-refractivity contribution in [3.63, 3.8) is 0 Å². The summed E-state index contributed by atoms with van der Waals surface area (Å²) in [6.45, 7) is 1.30. The van der Waals surface area contributed by atoms with Gasteiger partial charge < -0.3 is 18.6 Å². The number of rotatable bonds is 6. The number of nitriles is 2. The molecule has 1 aliphatic heterocycles. The van der Waals surface area contributed by atoms with Crippen molar-refractivity contribution >= 4 is 21.6 Å². The minimum Gasteiger partial charge on any atom is -0.459 e. The zero-order valence-corrected chi connectivity index (χ0v) is 18.3. The van der Waals surface area contributed by atoms with Gasteiger partial charge in [0, 0.05) is 26.2 Å². The number of oxazole rings is 1. The van der Waals surface area contributed by atoms with Gasteiger partial charge in [0.2, 0.25) is 17.5 Å². The molecule has 0 atom stereocenters. The van der Waals surface area contributed by atoms with Crippen LogP contribution in [0.15, 0.2) is 51.5 Å². The van der Waals surface area contributed by atoms with E-state index in [0.717, 1.165) is 0 Å². The summed E-state index contributed by atoms with van der Waals surface area (Å²) in [6, 6.07) is 13.6. The first-order valence-electron chi connectivity index (χ1n) is 10.1. The molecule has 2 aromatic heterocycles. The van der Waals surface area contributed by atoms with Crippen molar-refractivity contribution in [3.05, 3.63) is 59.5 Å². The third-order valence-electron chi connectivity index (χ3n) is 5.18. The van der Waals surface area contributed by atoms with E-state index in [4.69, 9.17) is 14.1 Å². The Bertz CT molecular complexity index is 1320. The third-order valence-corrected chi connectivity index (χ3v) is 6.64. The minimum absolute atomic E-state index is 0.117. The van der Waals surface area contributed by atoms with Crippen molar-refractivity contribution in [2.75, 3.05) is 36.8 Å². The summed E-state index contributed by atoms with van der Waals surface area (Å²) in [6.07, 6.45) is 1.48. The van der Waals surface area contributed by atoms with Gasteiger partial charge in [0.25, 0.3) is 5.89 Å². The molecule has 0 saturated carbocycles. The zero-order valence-electron chi connectivity index (χ0n) is 17.5. The Balaban J connectivity index is 1.36. The fraction of sp³-hybridized carbons (Fsp3) is 0.273. The maximum absolute atomic E-state index is 12.6. The van der Waals surface area contributed by atoms with Crippen molar-refractivity contribution < 1.29 is 22.0 Å². The molecule has 10 nitrogen and oxygen atoms in total. The second-order valence-electron chi connectivity index (χ2n) is 7.47. The smallest absolute Gasteiger partial charge is 0.266 e. The Morgan fingerprint density at radius 2 is 1.79 bits per heavy atom. The lowest BCUT2D eigenvalue weighted by Crippen LogP contribution is -2.50. The van der Waals surface area contributed by atoms with Crippen LogP contribution in [-0.2, 0) is 20.4 Å². The summed E-state index contributed by atoms with van der Waals surface area (Å²) < 4.78 is 36.0. The highest BCUT2D eigenvalue weighted by molar-refractivity contribution is 7.91. The Labute approximate surface area is 190 Å². The van der Waals surface area contributed by atoms with Crippen molar-refractivity contribution in [1.29, 1.82) is 10.5 Å². The molecule has 4 rings (SSSR count). The van der Waals surface area contributed by atoms with Crippen LogP contribution in [0, 0.1) is 22.7 Å². The summed E-state index contributed by atoms with van der Waals surface area (Å²) in [7, 11) is -3.67. The van der Waals surface area contributed by atoms with Gasteiger partial charge in [-0.3, -0.25) is 4.79 Å². The molecule has 1 aliphatic rings. The number of piperazine rings is 1. The van der Waals surface area contributed by atoms with E-state index in [1.54, 1.807) is 41.3 Å². The molecule has 1 aromatic carbocycles. The summed E-state index contributed by atoms with van der Waals surface area (Å²) in [5.74, 6) is -0.453. The number of benzene rings is 1. The summed E-state index contributed by atoms with van der Waals surface area (Å²) in [4.78, 5) is 20.1. The molecule has 1 saturated heterocycles. The molecule has 1 fully saturated rings. The predicted octanol–water partition coefficient (Wildman–Crippen LogP) is 1.94. The van der Waals surface area contributed by atoms with E-state index in [9.17, 15) is 18.5 Å². The van der Waals surface area contributed by atoms with Crippen molar-refractivity contribution in [2.24, 2.45) is 0 Å². The molecule has 3 heterocycles. The number of nitrogens with zero attached hydrogens (tertiary/aromatic N) is 5. The van der Waals surface area contributed by atoms with Crippen molar-refractivity contribution in [3.8, 4) is 23.8 Å². The molecule has 0 spiro atoms. The van der Waals surface area contributed by atoms with Gasteiger partial charge in [-0.1, -0.05) is 12.1 Å². The molecule has 168 valence electrons. The van der Waals surface area contributed by atoms with Gasteiger partial charge in [0.15, 0.2) is 15.6 Å². The van der Waals surface area contributed by atoms with Crippen LogP contribution >= 0.6 is 0 Å². The maximum Gasteiger partial charge on any atom is 0.266 e. The van der Waals surface area contributed by atoms with Crippen LogP contribution in [0.4, 0.5) is 5.88 Å². The summed E-state index contributed by atoms with van der Waals surface area (Å²) >= 11 is 0. The number of sulfone groups is 1. The number of aromatic nitrogens is 1. The minimum atomic E-state index is -3.67. The van der Waals surface area contributed by atoms with Gasteiger partial charge in [0.05, 0.1) is 23.6 Å². The normalized spacial score (nSPS) is 14.0. The lowest BCUT2D eigenvalue weighted by atomic mass is 10.2. The third kappa shape index (κ3) is 5.05. The second kappa shape index (κ2) is 9.18. The van der Waals surface area contributed by atoms with E-state index >= 15 is 0 Å². The van der Waals surface area contributed by atoms with Crippen LogP contribution in [0.1, 0.15) is 16.8 Å². The molecular formula is C22H19N5O5S. The van der Waals surface area contributed by atoms with E-state index in [0.29, 0.717) is 35.9 Å². The number of amides is 1. The van der Waals surface area contributed by atoms with Crippen LogP contribution in [0.2, 0.25) is 0 Å². The van der Waals surface area contributed by atoms with E-state index in [-0.39, 0.29) is 30.4 Å². The maximum atomic E-state index is 12.6. The summed E-state index contributed by atoms with van der Waals surface area (Å²) in [5.41, 5.74) is 1.08. The predicted molar refractivity (Wildman–Crippen MR) is 116 cm³/mol. The van der Waals surface area contributed by atoms with Gasteiger partial charge in [0.1, 0.15) is 11.8 Å². The largest absolute Gasteiger partial charge is 0.459 e. The van der Waals surface area contributed by atoms with Crippen molar-refractivity contribution in [1.82, 2.24) is 9.88 Å². The van der Waals surface area contributed by atoms with Crippen LogP contribution in [-0.4, -0.2) is 56.1 Å². The number of hydrogen-bond donors (Lipinski definition) is 0. The average Bonchev–Trinajstić information content (AvgIpc) is 3.49. The quantitative estimate of drug-likeness (QED) is 0.533. The molecule has 0 N–H and O–H groups in total. The standard InChI is InChI=1S/C22H19N5O5S/c23-12-16-3-5-17(6-4-16)14-33(29,30)15-20(28)26-7-9-27(10-8-26)22-18(13-24)25-21(32-22)19-2-1-11-31-19/h1-6,11H,7-10,14-15H2. The zero-order chi connectivity index (χ0) is 23.4. The fourth-order valence-electron chi connectivity index (χ4n) is 3.52. The van der Waals surface area contributed by atoms with E-state index in [2.05, 4.69) is 4.98 Å². The Morgan fingerprint density at radius 3 is 2.39 bits per heavy atom. The van der Waals surface area contributed by atoms with E-state index < -0.39 is 21.5 Å². The van der Waals surface area contributed by atoms with E-state index in [1.807, 2.05) is 12.1 Å². The lowest BCUT2D eigenvalue weighted by Gasteiger charge is -2.34. The van der Waals surface area contributed by atoms with Crippen LogP contribution < -0.4 is 4.90 Å². The molecule has 0 radical (unpaired) electrons.